The van der Waals surface area contributed by atoms with Crippen LogP contribution in [-0.4, -0.2) is 28.8 Å². The Hall–Kier alpha value is -2.15. The van der Waals surface area contributed by atoms with Gasteiger partial charge in [0.1, 0.15) is 0 Å². The fourth-order valence-corrected chi connectivity index (χ4v) is 2.57. The van der Waals surface area contributed by atoms with Gasteiger partial charge in [-0.25, -0.2) is 0 Å². The van der Waals surface area contributed by atoms with Gasteiger partial charge in [-0.2, -0.15) is 0 Å². The number of nitrogen functional groups attached to an aromatic ring is 1. The monoisotopic (exact) mass is 292 g/mol. The zero-order valence-corrected chi connectivity index (χ0v) is 12.2. The number of piperidine rings is 1. The van der Waals surface area contributed by atoms with Crippen molar-refractivity contribution < 1.29 is 9.72 Å². The Morgan fingerprint density at radius 1 is 1.43 bits per heavy atom. The van der Waals surface area contributed by atoms with Crippen LogP contribution in [0.2, 0.25) is 0 Å². The number of hydrogen-bond acceptors (Lipinski definition) is 5. The van der Waals surface area contributed by atoms with Gasteiger partial charge in [-0.15, -0.1) is 0 Å². The molecule has 7 nitrogen and oxygen atoms in total. The molecule has 1 amide bonds. The first-order chi connectivity index (χ1) is 9.93. The Balaban J connectivity index is 2.29. The molecule has 1 aliphatic heterocycles. The minimum Gasteiger partial charge on any atom is -0.338 e. The lowest BCUT2D eigenvalue weighted by Crippen LogP contribution is -2.42. The van der Waals surface area contributed by atoms with E-state index in [2.05, 4.69) is 19.3 Å². The second-order valence-electron chi connectivity index (χ2n) is 5.63. The van der Waals surface area contributed by atoms with Gasteiger partial charge in [-0.1, -0.05) is 13.8 Å². The van der Waals surface area contributed by atoms with E-state index in [1.54, 1.807) is 4.90 Å². The number of carbonyl (C=O) groups excluding carboxylic acids is 1. The average molecular weight is 292 g/mol. The van der Waals surface area contributed by atoms with Crippen LogP contribution >= 0.6 is 0 Å². The predicted octanol–water partition coefficient (Wildman–Crippen LogP) is 2.00. The molecule has 7 heteroatoms. The van der Waals surface area contributed by atoms with E-state index in [1.165, 1.54) is 18.2 Å². The van der Waals surface area contributed by atoms with Crippen molar-refractivity contribution in [2.75, 3.05) is 18.5 Å². The van der Waals surface area contributed by atoms with Crippen molar-refractivity contribution in [3.8, 4) is 0 Å². The molecule has 0 spiro atoms. The number of non-ortho nitro benzene ring substituents is 1. The molecule has 0 aliphatic carbocycles. The topological polar surface area (TPSA) is 102 Å². The largest absolute Gasteiger partial charge is 0.338 e. The third-order valence-electron chi connectivity index (χ3n) is 4.22. The number of hydrazine groups is 1. The molecule has 1 aliphatic rings. The number of benzene rings is 1. The molecule has 1 fully saturated rings. The van der Waals surface area contributed by atoms with Crippen molar-refractivity contribution in [1.29, 1.82) is 0 Å². The van der Waals surface area contributed by atoms with Gasteiger partial charge in [0.2, 0.25) is 0 Å². The van der Waals surface area contributed by atoms with Crippen molar-refractivity contribution >= 4 is 17.3 Å². The van der Waals surface area contributed by atoms with E-state index in [9.17, 15) is 14.9 Å². The first-order valence-electron chi connectivity index (χ1n) is 6.98. The summed E-state index contributed by atoms with van der Waals surface area (Å²) in [5, 5.41) is 10.9. The fraction of sp³-hybridized carbons (Fsp3) is 0.500. The average Bonchev–Trinajstić information content (AvgIpc) is 2.48. The number of likely N-dealkylation sites (tertiary alicyclic amines) is 1. The predicted molar refractivity (Wildman–Crippen MR) is 79.8 cm³/mol. The number of amides is 1. The number of nitrogens with one attached hydrogen (secondary N) is 1. The summed E-state index contributed by atoms with van der Waals surface area (Å²) in [4.78, 5) is 24.7. The van der Waals surface area contributed by atoms with Crippen LogP contribution in [0.25, 0.3) is 0 Å². The number of hydrogen-bond donors (Lipinski definition) is 2. The van der Waals surface area contributed by atoms with Crippen LogP contribution in [0.3, 0.4) is 0 Å². The minimum absolute atomic E-state index is 0.115. The zero-order valence-electron chi connectivity index (χ0n) is 12.2. The number of nitrogens with zero attached hydrogens (tertiary/aromatic N) is 2. The molecule has 1 aromatic rings. The maximum absolute atomic E-state index is 12.6. The number of nitro groups is 1. The van der Waals surface area contributed by atoms with Crippen LogP contribution in [0.4, 0.5) is 11.4 Å². The minimum atomic E-state index is -0.516. The van der Waals surface area contributed by atoms with Crippen LogP contribution < -0.4 is 11.3 Å². The molecule has 2 rings (SSSR count). The van der Waals surface area contributed by atoms with Crippen LogP contribution in [-0.2, 0) is 0 Å². The number of carbonyl (C=O) groups is 1. The second-order valence-corrected chi connectivity index (χ2v) is 5.63. The van der Waals surface area contributed by atoms with Crippen molar-refractivity contribution in [3.63, 3.8) is 0 Å². The Morgan fingerprint density at radius 3 is 2.71 bits per heavy atom. The van der Waals surface area contributed by atoms with Gasteiger partial charge in [-0.05, 0) is 24.3 Å². The Kier molecular flexibility index (Phi) is 4.42. The van der Waals surface area contributed by atoms with Gasteiger partial charge < -0.3 is 10.3 Å². The van der Waals surface area contributed by atoms with E-state index in [4.69, 9.17) is 5.84 Å². The van der Waals surface area contributed by atoms with Crippen molar-refractivity contribution in [2.24, 2.45) is 17.7 Å². The second kappa shape index (κ2) is 6.09. The highest BCUT2D eigenvalue weighted by atomic mass is 16.6. The van der Waals surface area contributed by atoms with Gasteiger partial charge in [0.25, 0.3) is 11.6 Å². The fourth-order valence-electron chi connectivity index (χ4n) is 2.57. The maximum Gasteiger partial charge on any atom is 0.270 e. The van der Waals surface area contributed by atoms with Crippen molar-refractivity contribution in [1.82, 2.24) is 4.90 Å². The van der Waals surface area contributed by atoms with E-state index in [0.29, 0.717) is 30.6 Å². The highest BCUT2D eigenvalue weighted by Crippen LogP contribution is 2.27. The maximum atomic E-state index is 12.6. The van der Waals surface area contributed by atoms with E-state index in [-0.39, 0.29) is 17.2 Å². The van der Waals surface area contributed by atoms with Crippen LogP contribution in [0.5, 0.6) is 0 Å². The van der Waals surface area contributed by atoms with E-state index in [0.717, 1.165) is 6.42 Å². The molecule has 21 heavy (non-hydrogen) atoms. The lowest BCUT2D eigenvalue weighted by molar-refractivity contribution is -0.384. The van der Waals surface area contributed by atoms with Crippen LogP contribution in [0, 0.1) is 22.0 Å². The first-order valence-corrected chi connectivity index (χ1v) is 6.98. The standard InChI is InChI=1S/C14H20N4O3/c1-9-5-6-17(8-10(9)2)14(19)12-7-11(18(20)21)3-4-13(12)16-15/h3-4,7,9-10,16H,5-6,8,15H2,1-2H3. The normalized spacial score (nSPS) is 22.0. The number of nitrogens with two attached hydrogens (primary N) is 1. The Bertz CT molecular complexity index is 561. The molecule has 2 atom stereocenters. The summed E-state index contributed by atoms with van der Waals surface area (Å²) >= 11 is 0. The molecule has 0 bridgehead atoms. The highest BCUT2D eigenvalue weighted by molar-refractivity contribution is 6.00. The SMILES string of the molecule is CC1CCN(C(=O)c2cc([N+](=O)[O-])ccc2NN)CC1C. The third kappa shape index (κ3) is 3.13. The van der Waals surface area contributed by atoms with E-state index < -0.39 is 4.92 Å². The summed E-state index contributed by atoms with van der Waals surface area (Å²) in [6.07, 6.45) is 0.938. The highest BCUT2D eigenvalue weighted by Gasteiger charge is 2.28. The molecule has 1 saturated heterocycles. The summed E-state index contributed by atoms with van der Waals surface area (Å²) in [6.45, 7) is 5.61. The molecule has 114 valence electrons. The summed E-state index contributed by atoms with van der Waals surface area (Å²) in [6, 6.07) is 4.06. The zero-order chi connectivity index (χ0) is 15.6. The van der Waals surface area contributed by atoms with E-state index in [1.807, 2.05) is 0 Å². The molecule has 0 saturated carbocycles. The lowest BCUT2D eigenvalue weighted by atomic mass is 9.88. The number of rotatable bonds is 3. The van der Waals surface area contributed by atoms with Gasteiger partial charge >= 0.3 is 0 Å². The number of nitro benzene ring substituents is 1. The van der Waals surface area contributed by atoms with E-state index >= 15 is 0 Å². The molecule has 1 heterocycles. The molecule has 3 N–H and O–H groups in total. The molecular weight excluding hydrogens is 272 g/mol. The Labute approximate surface area is 123 Å². The molecular formula is C14H20N4O3. The van der Waals surface area contributed by atoms with Crippen molar-refractivity contribution in [2.45, 2.75) is 20.3 Å². The quantitative estimate of drug-likeness (QED) is 0.504. The van der Waals surface area contributed by atoms with Crippen LogP contribution in [0.15, 0.2) is 18.2 Å². The van der Waals surface area contributed by atoms with Gasteiger partial charge in [0.05, 0.1) is 16.2 Å². The van der Waals surface area contributed by atoms with Crippen molar-refractivity contribution in [3.05, 3.63) is 33.9 Å². The lowest BCUT2D eigenvalue weighted by Gasteiger charge is -2.35. The molecule has 0 aromatic heterocycles. The van der Waals surface area contributed by atoms with Gasteiger partial charge in [0, 0.05) is 25.2 Å². The van der Waals surface area contributed by atoms with Gasteiger partial charge in [0.15, 0.2) is 0 Å². The molecule has 1 aromatic carbocycles. The first kappa shape index (κ1) is 15.2. The summed E-state index contributed by atoms with van der Waals surface area (Å²) in [7, 11) is 0. The molecule has 0 radical (unpaired) electrons. The van der Waals surface area contributed by atoms with Gasteiger partial charge in [-0.3, -0.25) is 20.8 Å². The Morgan fingerprint density at radius 2 is 2.14 bits per heavy atom. The summed E-state index contributed by atoms with van der Waals surface area (Å²) in [5.74, 6) is 6.17. The summed E-state index contributed by atoms with van der Waals surface area (Å²) in [5.41, 5.74) is 2.96. The van der Waals surface area contributed by atoms with Crippen LogP contribution in [0.1, 0.15) is 30.6 Å². The number of anilines is 1. The summed E-state index contributed by atoms with van der Waals surface area (Å²) < 4.78 is 0. The third-order valence-corrected chi connectivity index (χ3v) is 4.22. The molecule has 2 unspecified atom stereocenters. The smallest absolute Gasteiger partial charge is 0.270 e.